The van der Waals surface area contributed by atoms with Crippen LogP contribution < -0.4 is 5.73 Å². The molecule has 1 nitrogen and oxygen atoms in total. The van der Waals surface area contributed by atoms with Crippen molar-refractivity contribution in [1.29, 1.82) is 0 Å². The van der Waals surface area contributed by atoms with Crippen LogP contribution in [-0.4, -0.2) is 6.18 Å². The minimum absolute atomic E-state index is 0.234. The van der Waals surface area contributed by atoms with Crippen LogP contribution in [0.1, 0.15) is 23.6 Å². The molecule has 0 saturated heterocycles. The molecule has 0 aliphatic rings. The van der Waals surface area contributed by atoms with Crippen LogP contribution in [0, 0.1) is 5.82 Å². The van der Waals surface area contributed by atoms with E-state index in [4.69, 9.17) is 17.3 Å². The maximum atomic E-state index is 13.4. The second-order valence-corrected chi connectivity index (χ2v) is 4.19. The summed E-state index contributed by atoms with van der Waals surface area (Å²) in [5.74, 6) is -1.38. The van der Waals surface area contributed by atoms with Gasteiger partial charge in [0.2, 0.25) is 0 Å². The Morgan fingerprint density at radius 3 is 2.05 bits per heavy atom. The van der Waals surface area contributed by atoms with Crippen LogP contribution in [0.2, 0.25) is 5.02 Å². The van der Waals surface area contributed by atoms with Crippen molar-refractivity contribution >= 4 is 11.6 Å². The lowest BCUT2D eigenvalue weighted by molar-refractivity contribution is -0.138. The summed E-state index contributed by atoms with van der Waals surface area (Å²) >= 11 is 5.23. The molecule has 0 radical (unpaired) electrons. The van der Waals surface area contributed by atoms with Gasteiger partial charge >= 0.3 is 12.4 Å². The van der Waals surface area contributed by atoms with Gasteiger partial charge in [0.15, 0.2) is 0 Å². The topological polar surface area (TPSA) is 26.0 Å². The van der Waals surface area contributed by atoms with Gasteiger partial charge in [0, 0.05) is 11.6 Å². The number of hydrogen-bond acceptors (Lipinski definition) is 1. The summed E-state index contributed by atoms with van der Waals surface area (Å²) in [6.45, 7) is 0. The van der Waals surface area contributed by atoms with Crippen LogP contribution in [0.5, 0.6) is 0 Å². The van der Waals surface area contributed by atoms with E-state index in [1.165, 1.54) is 0 Å². The van der Waals surface area contributed by atoms with Gasteiger partial charge in [0.05, 0.1) is 17.0 Å². The van der Waals surface area contributed by atoms with Crippen molar-refractivity contribution in [1.82, 2.24) is 0 Å². The number of halogens is 8. The Kier molecular flexibility index (Phi) is 4.36. The van der Waals surface area contributed by atoms with Gasteiger partial charge in [-0.15, -0.1) is 0 Å². The third-order valence-electron chi connectivity index (χ3n) is 2.23. The zero-order valence-corrected chi connectivity index (χ0v) is 9.80. The van der Waals surface area contributed by atoms with E-state index in [1.54, 1.807) is 0 Å². The van der Waals surface area contributed by atoms with Gasteiger partial charge in [-0.3, -0.25) is 0 Å². The first-order valence-electron chi connectivity index (χ1n) is 4.80. The molecule has 0 aromatic heterocycles. The predicted octanol–water partition coefficient (Wildman–Crippen LogP) is 4.45. The van der Waals surface area contributed by atoms with E-state index in [1.807, 2.05) is 0 Å². The quantitative estimate of drug-likeness (QED) is 0.803. The zero-order valence-electron chi connectivity index (χ0n) is 9.04. The molecule has 0 spiro atoms. The van der Waals surface area contributed by atoms with Gasteiger partial charge in [0.1, 0.15) is 5.82 Å². The molecule has 0 aliphatic heterocycles. The minimum Gasteiger partial charge on any atom is -0.324 e. The largest absolute Gasteiger partial charge is 0.416 e. The number of nitrogens with two attached hydrogens (primary N) is 1. The van der Waals surface area contributed by atoms with Crippen LogP contribution in [0.4, 0.5) is 30.7 Å². The van der Waals surface area contributed by atoms with Gasteiger partial charge in [-0.1, -0.05) is 11.6 Å². The Morgan fingerprint density at radius 2 is 1.63 bits per heavy atom. The van der Waals surface area contributed by atoms with E-state index in [9.17, 15) is 30.7 Å². The lowest BCUT2D eigenvalue weighted by Gasteiger charge is -2.17. The summed E-state index contributed by atoms with van der Waals surface area (Å²) in [4.78, 5) is 0. The number of benzene rings is 1. The molecule has 1 aromatic carbocycles. The van der Waals surface area contributed by atoms with Crippen molar-refractivity contribution in [2.45, 2.75) is 24.8 Å². The Morgan fingerprint density at radius 1 is 1.11 bits per heavy atom. The zero-order chi connectivity index (χ0) is 15.0. The molecule has 1 aromatic rings. The average Bonchev–Trinajstić information content (AvgIpc) is 2.17. The van der Waals surface area contributed by atoms with Gasteiger partial charge in [-0.2, -0.15) is 26.3 Å². The molecule has 0 fully saturated rings. The standard InChI is InChI=1S/C10H7ClF7N/c11-6-2-4(10(16,17)18)1-5(8(6)12)7(19)3-9(13,14)15/h1-2,7H,3,19H2/t7-/m0/s1. The first kappa shape index (κ1) is 16.0. The second-order valence-electron chi connectivity index (χ2n) is 3.78. The molecule has 0 aliphatic carbocycles. The fraction of sp³-hybridized carbons (Fsp3) is 0.400. The molecule has 108 valence electrons. The summed E-state index contributed by atoms with van der Waals surface area (Å²) in [6.07, 6.45) is -11.2. The van der Waals surface area contributed by atoms with E-state index in [0.29, 0.717) is 6.07 Å². The molecule has 9 heteroatoms. The first-order chi connectivity index (χ1) is 8.42. The van der Waals surface area contributed by atoms with Crippen molar-refractivity contribution in [2.24, 2.45) is 5.73 Å². The SMILES string of the molecule is N[C@@H](CC(F)(F)F)c1cc(C(F)(F)F)cc(Cl)c1F. The molecular formula is C10H7ClF7N. The highest BCUT2D eigenvalue weighted by atomic mass is 35.5. The fourth-order valence-electron chi connectivity index (χ4n) is 1.40. The minimum atomic E-state index is -4.86. The molecule has 0 heterocycles. The van der Waals surface area contributed by atoms with E-state index >= 15 is 0 Å². The highest BCUT2D eigenvalue weighted by molar-refractivity contribution is 6.30. The number of rotatable bonds is 2. The third-order valence-corrected chi connectivity index (χ3v) is 2.51. The molecule has 19 heavy (non-hydrogen) atoms. The second kappa shape index (κ2) is 5.16. The average molecular weight is 310 g/mol. The van der Waals surface area contributed by atoms with Crippen LogP contribution in [0.15, 0.2) is 12.1 Å². The molecule has 0 unspecified atom stereocenters. The highest BCUT2D eigenvalue weighted by Crippen LogP contribution is 2.37. The molecule has 2 N–H and O–H groups in total. The number of hydrogen-bond donors (Lipinski definition) is 1. The van der Waals surface area contributed by atoms with Gasteiger partial charge in [-0.25, -0.2) is 4.39 Å². The number of alkyl halides is 6. The Hall–Kier alpha value is -1.02. The molecule has 1 atom stereocenters. The molecule has 0 bridgehead atoms. The maximum absolute atomic E-state index is 13.4. The summed E-state index contributed by atoms with van der Waals surface area (Å²) in [7, 11) is 0. The van der Waals surface area contributed by atoms with Crippen molar-refractivity contribution < 1.29 is 30.7 Å². The lowest BCUT2D eigenvalue weighted by atomic mass is 10.0. The monoisotopic (exact) mass is 309 g/mol. The van der Waals surface area contributed by atoms with Gasteiger partial charge < -0.3 is 5.73 Å². The van der Waals surface area contributed by atoms with Crippen molar-refractivity contribution in [3.63, 3.8) is 0 Å². The Bertz CT molecular complexity index is 466. The summed E-state index contributed by atoms with van der Waals surface area (Å²) in [5.41, 5.74) is 2.80. The molecule has 1 rings (SSSR count). The fourth-order valence-corrected chi connectivity index (χ4v) is 1.63. The smallest absolute Gasteiger partial charge is 0.324 e. The lowest BCUT2D eigenvalue weighted by Crippen LogP contribution is -2.22. The maximum Gasteiger partial charge on any atom is 0.416 e. The summed E-state index contributed by atoms with van der Waals surface area (Å²) < 4.78 is 87.1. The van der Waals surface area contributed by atoms with Crippen LogP contribution >= 0.6 is 11.6 Å². The molecule has 0 saturated carbocycles. The van der Waals surface area contributed by atoms with Crippen molar-refractivity contribution in [3.8, 4) is 0 Å². The van der Waals surface area contributed by atoms with E-state index in [2.05, 4.69) is 0 Å². The van der Waals surface area contributed by atoms with Crippen LogP contribution in [0.3, 0.4) is 0 Å². The summed E-state index contributed by atoms with van der Waals surface area (Å²) in [5, 5.41) is -0.928. The Balaban J connectivity index is 3.23. The van der Waals surface area contributed by atoms with Crippen LogP contribution in [-0.2, 0) is 6.18 Å². The first-order valence-corrected chi connectivity index (χ1v) is 5.18. The third kappa shape index (κ3) is 4.24. The van der Waals surface area contributed by atoms with Crippen molar-refractivity contribution in [3.05, 3.63) is 34.1 Å². The molecule has 0 amide bonds. The van der Waals surface area contributed by atoms with E-state index in [-0.39, 0.29) is 6.07 Å². The highest BCUT2D eigenvalue weighted by Gasteiger charge is 2.36. The van der Waals surface area contributed by atoms with Gasteiger partial charge in [-0.05, 0) is 12.1 Å². The summed E-state index contributed by atoms with van der Waals surface area (Å²) in [6, 6.07) is -1.43. The Labute approximate surface area is 108 Å². The van der Waals surface area contributed by atoms with Crippen molar-refractivity contribution in [2.75, 3.05) is 0 Å². The predicted molar refractivity (Wildman–Crippen MR) is 54.0 cm³/mol. The van der Waals surface area contributed by atoms with Crippen LogP contribution in [0.25, 0.3) is 0 Å². The molecular weight excluding hydrogens is 303 g/mol. The van der Waals surface area contributed by atoms with E-state index < -0.39 is 46.8 Å². The van der Waals surface area contributed by atoms with Gasteiger partial charge in [0.25, 0.3) is 0 Å². The van der Waals surface area contributed by atoms with E-state index in [0.717, 1.165) is 0 Å². The normalized spacial score (nSPS) is 14.6.